The van der Waals surface area contributed by atoms with Crippen LogP contribution in [-0.4, -0.2) is 41.6 Å². The lowest BCUT2D eigenvalue weighted by molar-refractivity contribution is 0.120. The number of likely N-dealkylation sites (tertiary alicyclic amines) is 1. The first-order valence-corrected chi connectivity index (χ1v) is 9.12. The maximum absolute atomic E-state index is 12.3. The van der Waals surface area contributed by atoms with Gasteiger partial charge in [0, 0.05) is 29.7 Å². The summed E-state index contributed by atoms with van der Waals surface area (Å²) in [5.41, 5.74) is 1.81. The van der Waals surface area contributed by atoms with Crippen molar-refractivity contribution in [1.82, 2.24) is 29.0 Å². The topological polar surface area (TPSA) is 68.3 Å². The number of aryl methyl sites for hydroxylation is 1. The van der Waals surface area contributed by atoms with Crippen molar-refractivity contribution >= 4 is 16.3 Å². The Morgan fingerprint density at radius 2 is 2.29 bits per heavy atom. The smallest absolute Gasteiger partial charge is 0.259 e. The quantitative estimate of drug-likeness (QED) is 0.721. The fourth-order valence-electron chi connectivity index (χ4n) is 3.41. The van der Waals surface area contributed by atoms with Crippen LogP contribution in [0.5, 0.6) is 0 Å². The van der Waals surface area contributed by atoms with Gasteiger partial charge >= 0.3 is 0 Å². The van der Waals surface area contributed by atoms with E-state index < -0.39 is 0 Å². The number of hydrogen-bond donors (Lipinski definition) is 0. The van der Waals surface area contributed by atoms with Crippen molar-refractivity contribution in [3.63, 3.8) is 0 Å². The van der Waals surface area contributed by atoms with E-state index in [1.165, 1.54) is 24.2 Å². The zero-order valence-electron chi connectivity index (χ0n) is 13.6. The first-order valence-electron chi connectivity index (χ1n) is 8.24. The molecule has 0 saturated carbocycles. The van der Waals surface area contributed by atoms with Gasteiger partial charge in [-0.3, -0.25) is 18.8 Å². The number of fused-ring (bicyclic) bond motifs is 1. The average Bonchev–Trinajstić information content (AvgIpc) is 3.19. The highest BCUT2D eigenvalue weighted by Gasteiger charge is 2.24. The van der Waals surface area contributed by atoms with Gasteiger partial charge in [0.1, 0.15) is 12.7 Å². The number of thiazole rings is 1. The van der Waals surface area contributed by atoms with Crippen molar-refractivity contribution in [2.45, 2.75) is 45.3 Å². The van der Waals surface area contributed by atoms with Crippen LogP contribution in [0.2, 0.25) is 0 Å². The predicted octanol–water partition coefficient (Wildman–Crippen LogP) is 1.71. The van der Waals surface area contributed by atoms with Gasteiger partial charge in [0.15, 0.2) is 4.96 Å². The van der Waals surface area contributed by atoms with E-state index in [1.54, 1.807) is 23.1 Å². The molecule has 0 aromatic carbocycles. The van der Waals surface area contributed by atoms with E-state index in [0.717, 1.165) is 35.9 Å². The van der Waals surface area contributed by atoms with Crippen molar-refractivity contribution < 1.29 is 0 Å². The molecule has 0 radical (unpaired) electrons. The Labute approximate surface area is 143 Å². The number of hydrogen-bond acceptors (Lipinski definition) is 6. The molecule has 24 heavy (non-hydrogen) atoms. The number of nitrogens with zero attached hydrogens (tertiary/aromatic N) is 6. The molecule has 1 atom stereocenters. The summed E-state index contributed by atoms with van der Waals surface area (Å²) in [5.74, 6) is 0. The van der Waals surface area contributed by atoms with Crippen LogP contribution in [0.4, 0.5) is 0 Å². The van der Waals surface area contributed by atoms with Gasteiger partial charge in [-0.05, 0) is 26.3 Å². The van der Waals surface area contributed by atoms with Crippen LogP contribution < -0.4 is 5.56 Å². The van der Waals surface area contributed by atoms with E-state index in [1.807, 2.05) is 17.0 Å². The molecule has 7 nitrogen and oxygen atoms in total. The van der Waals surface area contributed by atoms with Crippen molar-refractivity contribution in [1.29, 1.82) is 0 Å². The second-order valence-electron chi connectivity index (χ2n) is 6.32. The average molecular weight is 344 g/mol. The van der Waals surface area contributed by atoms with E-state index in [4.69, 9.17) is 0 Å². The molecule has 1 fully saturated rings. The highest BCUT2D eigenvalue weighted by molar-refractivity contribution is 7.15. The SMILES string of the molecule is Cc1csc2nc(CN3CCCC[C@@H]3Cn3cncn3)cc(=O)n12. The van der Waals surface area contributed by atoms with Gasteiger partial charge in [0.05, 0.1) is 12.2 Å². The molecular weight excluding hydrogens is 324 g/mol. The van der Waals surface area contributed by atoms with Crippen molar-refractivity contribution in [2.24, 2.45) is 0 Å². The summed E-state index contributed by atoms with van der Waals surface area (Å²) in [6.07, 6.45) is 6.89. The minimum atomic E-state index is 0.0126. The van der Waals surface area contributed by atoms with Crippen LogP contribution in [0.1, 0.15) is 30.7 Å². The molecule has 0 N–H and O–H groups in total. The van der Waals surface area contributed by atoms with Crippen LogP contribution >= 0.6 is 11.3 Å². The summed E-state index contributed by atoms with van der Waals surface area (Å²) < 4.78 is 3.56. The molecule has 0 unspecified atom stereocenters. The van der Waals surface area contributed by atoms with Crippen LogP contribution in [0, 0.1) is 6.92 Å². The minimum Gasteiger partial charge on any atom is -0.293 e. The number of rotatable bonds is 4. The summed E-state index contributed by atoms with van der Waals surface area (Å²) >= 11 is 1.52. The first kappa shape index (κ1) is 15.5. The second-order valence-corrected chi connectivity index (χ2v) is 7.15. The Balaban J connectivity index is 1.57. The Kier molecular flexibility index (Phi) is 4.15. The lowest BCUT2D eigenvalue weighted by Gasteiger charge is -2.35. The minimum absolute atomic E-state index is 0.0126. The van der Waals surface area contributed by atoms with Gasteiger partial charge in [0.25, 0.3) is 5.56 Å². The molecular formula is C16H20N6OS. The molecule has 1 aliphatic rings. The van der Waals surface area contributed by atoms with Crippen molar-refractivity contribution in [2.75, 3.05) is 6.54 Å². The van der Waals surface area contributed by atoms with Gasteiger partial charge in [0.2, 0.25) is 0 Å². The third-order valence-electron chi connectivity index (χ3n) is 4.61. The second kappa shape index (κ2) is 6.45. The predicted molar refractivity (Wildman–Crippen MR) is 92.1 cm³/mol. The third-order valence-corrected chi connectivity index (χ3v) is 5.55. The molecule has 8 heteroatoms. The van der Waals surface area contributed by atoms with Crippen molar-refractivity contribution in [3.8, 4) is 0 Å². The molecule has 0 bridgehead atoms. The maximum atomic E-state index is 12.3. The van der Waals surface area contributed by atoms with Gasteiger partial charge in [-0.2, -0.15) is 5.10 Å². The van der Waals surface area contributed by atoms with Gasteiger partial charge < -0.3 is 0 Å². The largest absolute Gasteiger partial charge is 0.293 e. The van der Waals surface area contributed by atoms with Crippen LogP contribution in [0.3, 0.4) is 0 Å². The highest BCUT2D eigenvalue weighted by Crippen LogP contribution is 2.21. The van der Waals surface area contributed by atoms with E-state index >= 15 is 0 Å². The molecule has 3 aromatic heterocycles. The third kappa shape index (κ3) is 2.99. The summed E-state index contributed by atoms with van der Waals surface area (Å²) in [6.45, 7) is 4.51. The molecule has 0 spiro atoms. The summed E-state index contributed by atoms with van der Waals surface area (Å²) in [4.78, 5) is 24.3. The van der Waals surface area contributed by atoms with E-state index in [-0.39, 0.29) is 5.56 Å². The molecule has 126 valence electrons. The Bertz CT molecular complexity index is 884. The van der Waals surface area contributed by atoms with E-state index in [9.17, 15) is 4.79 Å². The molecule has 0 amide bonds. The van der Waals surface area contributed by atoms with Gasteiger partial charge in [-0.25, -0.2) is 9.97 Å². The normalized spacial score (nSPS) is 19.1. The fraction of sp³-hybridized carbons (Fsp3) is 0.500. The molecule has 4 rings (SSSR count). The Morgan fingerprint density at radius 1 is 1.38 bits per heavy atom. The Morgan fingerprint density at radius 3 is 3.12 bits per heavy atom. The van der Waals surface area contributed by atoms with Gasteiger partial charge in [-0.15, -0.1) is 11.3 Å². The molecule has 3 aromatic rings. The molecule has 4 heterocycles. The lowest BCUT2D eigenvalue weighted by atomic mass is 10.0. The zero-order valence-corrected chi connectivity index (χ0v) is 14.4. The molecule has 1 saturated heterocycles. The number of piperidine rings is 1. The first-order chi connectivity index (χ1) is 11.7. The van der Waals surface area contributed by atoms with E-state index in [2.05, 4.69) is 20.0 Å². The zero-order chi connectivity index (χ0) is 16.5. The highest BCUT2D eigenvalue weighted by atomic mass is 32.1. The molecule has 0 aliphatic carbocycles. The number of aromatic nitrogens is 5. The van der Waals surface area contributed by atoms with Crippen LogP contribution in [0.25, 0.3) is 4.96 Å². The maximum Gasteiger partial charge on any atom is 0.259 e. The lowest BCUT2D eigenvalue weighted by Crippen LogP contribution is -2.42. The van der Waals surface area contributed by atoms with E-state index in [0.29, 0.717) is 12.6 Å². The summed E-state index contributed by atoms with van der Waals surface area (Å²) in [6, 6.07) is 2.08. The fourth-order valence-corrected chi connectivity index (χ4v) is 4.30. The standard InChI is InChI=1S/C16H20N6OS/c1-12-9-24-16-19-13(6-15(23)22(12)16)7-20-5-3-2-4-14(20)8-21-11-17-10-18-21/h6,9-11,14H,2-5,7-8H2,1H3/t14-/m1/s1. The monoisotopic (exact) mass is 344 g/mol. The van der Waals surface area contributed by atoms with Gasteiger partial charge in [-0.1, -0.05) is 6.42 Å². The summed E-state index contributed by atoms with van der Waals surface area (Å²) in [7, 11) is 0. The van der Waals surface area contributed by atoms with Crippen molar-refractivity contribution in [3.05, 3.63) is 45.8 Å². The molecule has 1 aliphatic heterocycles. The summed E-state index contributed by atoms with van der Waals surface area (Å²) in [5, 5.41) is 6.20. The van der Waals surface area contributed by atoms with Crippen LogP contribution in [0.15, 0.2) is 28.9 Å². The Hall–Kier alpha value is -2.06. The van der Waals surface area contributed by atoms with Crippen LogP contribution in [-0.2, 0) is 13.1 Å².